The topological polar surface area (TPSA) is 66.8 Å². The van der Waals surface area contributed by atoms with Gasteiger partial charge < -0.3 is 19.1 Å². The number of hydrogen-bond acceptors (Lipinski definition) is 5. The fourth-order valence-corrected chi connectivity index (χ4v) is 4.71. The second-order valence-electron chi connectivity index (χ2n) is 7.34. The van der Waals surface area contributed by atoms with Crippen LogP contribution in [0.4, 0.5) is 11.4 Å². The number of hydrogen-bond donors (Lipinski definition) is 1. The van der Waals surface area contributed by atoms with E-state index in [2.05, 4.69) is 21.6 Å². The molecule has 0 unspecified atom stereocenters. The maximum atomic E-state index is 13.2. The van der Waals surface area contributed by atoms with E-state index in [0.717, 1.165) is 37.6 Å². The molecule has 2 heterocycles. The lowest BCUT2D eigenvalue weighted by Crippen LogP contribution is -2.44. The molecular weight excluding hydrogens is 400 g/mol. The Hall–Kier alpha value is -2.97. The molecule has 0 amide bonds. The number of para-hydroxylation sites is 2. The van der Waals surface area contributed by atoms with Crippen molar-refractivity contribution in [2.45, 2.75) is 4.90 Å². The van der Waals surface area contributed by atoms with Crippen molar-refractivity contribution in [2.24, 2.45) is 0 Å². The van der Waals surface area contributed by atoms with Crippen LogP contribution in [-0.4, -0.2) is 58.2 Å². The van der Waals surface area contributed by atoms with Crippen molar-refractivity contribution in [3.05, 3.63) is 67.0 Å². The molecular formula is C22H26N4O3S. The predicted octanol–water partition coefficient (Wildman–Crippen LogP) is 3.04. The van der Waals surface area contributed by atoms with E-state index in [1.54, 1.807) is 31.4 Å². The molecule has 0 radical (unpaired) electrons. The van der Waals surface area contributed by atoms with E-state index < -0.39 is 10.0 Å². The van der Waals surface area contributed by atoms with Gasteiger partial charge in [-0.05, 0) is 49.5 Å². The number of rotatable bonds is 6. The minimum absolute atomic E-state index is 0.208. The Bertz CT molecular complexity index is 1110. The number of methoxy groups -OCH3 is 1. The SMILES string of the molecule is COc1ccc(S(=O)(=O)Nc2ccccc2-n2cccc2)cc1N1CCN(C)CC1. The fourth-order valence-electron chi connectivity index (χ4n) is 3.62. The molecule has 0 bridgehead atoms. The van der Waals surface area contributed by atoms with E-state index in [0.29, 0.717) is 11.4 Å². The Morgan fingerprint density at radius 3 is 2.30 bits per heavy atom. The van der Waals surface area contributed by atoms with Gasteiger partial charge >= 0.3 is 0 Å². The Morgan fingerprint density at radius 1 is 0.900 bits per heavy atom. The summed E-state index contributed by atoms with van der Waals surface area (Å²) in [7, 11) is -0.0891. The molecule has 1 aromatic heterocycles. The molecule has 0 atom stereocenters. The van der Waals surface area contributed by atoms with Gasteiger partial charge in [-0.2, -0.15) is 0 Å². The Labute approximate surface area is 177 Å². The molecule has 7 nitrogen and oxygen atoms in total. The molecule has 1 aliphatic rings. The number of nitrogens with one attached hydrogen (secondary N) is 1. The van der Waals surface area contributed by atoms with Gasteiger partial charge in [-0.3, -0.25) is 4.72 Å². The van der Waals surface area contributed by atoms with Gasteiger partial charge in [-0.25, -0.2) is 8.42 Å². The lowest BCUT2D eigenvalue weighted by atomic mass is 10.2. The second kappa shape index (κ2) is 8.41. The van der Waals surface area contributed by atoms with Crippen LogP contribution in [-0.2, 0) is 10.0 Å². The number of nitrogens with zero attached hydrogens (tertiary/aromatic N) is 3. The van der Waals surface area contributed by atoms with Crippen molar-refractivity contribution in [3.8, 4) is 11.4 Å². The quantitative estimate of drug-likeness (QED) is 0.656. The van der Waals surface area contributed by atoms with Crippen molar-refractivity contribution in [2.75, 3.05) is 50.0 Å². The van der Waals surface area contributed by atoms with Gasteiger partial charge in [0.25, 0.3) is 10.0 Å². The summed E-state index contributed by atoms with van der Waals surface area (Å²) in [4.78, 5) is 4.63. The highest BCUT2D eigenvalue weighted by Crippen LogP contribution is 2.33. The highest BCUT2D eigenvalue weighted by molar-refractivity contribution is 7.92. The molecule has 1 aliphatic heterocycles. The van der Waals surface area contributed by atoms with Gasteiger partial charge in [-0.15, -0.1) is 0 Å². The van der Waals surface area contributed by atoms with Gasteiger partial charge in [0, 0.05) is 38.6 Å². The van der Waals surface area contributed by atoms with Crippen LogP contribution in [0.15, 0.2) is 71.9 Å². The van der Waals surface area contributed by atoms with Crippen molar-refractivity contribution >= 4 is 21.4 Å². The van der Waals surface area contributed by atoms with E-state index in [1.165, 1.54) is 0 Å². The third-order valence-electron chi connectivity index (χ3n) is 5.34. The summed E-state index contributed by atoms with van der Waals surface area (Å²) in [5.74, 6) is 0.672. The maximum absolute atomic E-state index is 13.2. The minimum Gasteiger partial charge on any atom is -0.495 e. The van der Waals surface area contributed by atoms with Crippen LogP contribution in [0.1, 0.15) is 0 Å². The summed E-state index contributed by atoms with van der Waals surface area (Å²) in [6, 6.07) is 16.1. The van der Waals surface area contributed by atoms with E-state index in [-0.39, 0.29) is 4.90 Å². The largest absolute Gasteiger partial charge is 0.495 e. The fraction of sp³-hybridized carbons (Fsp3) is 0.273. The lowest BCUT2D eigenvalue weighted by Gasteiger charge is -2.34. The number of sulfonamides is 1. The van der Waals surface area contributed by atoms with E-state index in [9.17, 15) is 8.42 Å². The Morgan fingerprint density at radius 2 is 1.60 bits per heavy atom. The monoisotopic (exact) mass is 426 g/mol. The highest BCUT2D eigenvalue weighted by Gasteiger charge is 2.22. The first-order valence-corrected chi connectivity index (χ1v) is 11.3. The highest BCUT2D eigenvalue weighted by atomic mass is 32.2. The van der Waals surface area contributed by atoms with Crippen molar-refractivity contribution in [1.29, 1.82) is 0 Å². The number of piperazine rings is 1. The van der Waals surface area contributed by atoms with Crippen LogP contribution in [0.3, 0.4) is 0 Å². The summed E-state index contributed by atoms with van der Waals surface area (Å²) < 4.78 is 36.6. The van der Waals surface area contributed by atoms with Crippen LogP contribution < -0.4 is 14.4 Å². The normalized spacial score (nSPS) is 15.2. The third kappa shape index (κ3) is 4.15. The number of ether oxygens (including phenoxy) is 1. The predicted molar refractivity (Wildman–Crippen MR) is 119 cm³/mol. The average molecular weight is 427 g/mol. The van der Waals surface area contributed by atoms with Gasteiger partial charge in [0.05, 0.1) is 29.1 Å². The summed E-state index contributed by atoms with van der Waals surface area (Å²) in [6.07, 6.45) is 3.76. The first-order chi connectivity index (χ1) is 14.5. The molecule has 2 aromatic carbocycles. The summed E-state index contributed by atoms with van der Waals surface area (Å²) in [6.45, 7) is 3.48. The van der Waals surface area contributed by atoms with Crippen LogP contribution in [0.2, 0.25) is 0 Å². The molecule has 8 heteroatoms. The van der Waals surface area contributed by atoms with E-state index in [4.69, 9.17) is 4.74 Å². The smallest absolute Gasteiger partial charge is 0.262 e. The summed E-state index contributed by atoms with van der Waals surface area (Å²) >= 11 is 0. The third-order valence-corrected chi connectivity index (χ3v) is 6.70. The van der Waals surface area contributed by atoms with Crippen LogP contribution >= 0.6 is 0 Å². The van der Waals surface area contributed by atoms with E-state index >= 15 is 0 Å². The summed E-state index contributed by atoms with van der Waals surface area (Å²) in [5, 5.41) is 0. The molecule has 158 valence electrons. The standard InChI is InChI=1S/C22H26N4O3S/c1-24-13-15-26(16-14-24)21-17-18(9-10-22(21)29-2)30(27,28)23-19-7-3-4-8-20(19)25-11-5-6-12-25/h3-12,17,23H,13-16H2,1-2H3. The first-order valence-electron chi connectivity index (χ1n) is 9.85. The Kier molecular flexibility index (Phi) is 5.69. The molecule has 3 aromatic rings. The van der Waals surface area contributed by atoms with Crippen LogP contribution in [0.5, 0.6) is 5.75 Å². The molecule has 1 N–H and O–H groups in total. The number of anilines is 2. The van der Waals surface area contributed by atoms with E-state index in [1.807, 2.05) is 47.3 Å². The zero-order chi connectivity index (χ0) is 21.1. The molecule has 4 rings (SSSR count). The molecule has 1 fully saturated rings. The lowest BCUT2D eigenvalue weighted by molar-refractivity contribution is 0.311. The Balaban J connectivity index is 1.66. The molecule has 0 saturated carbocycles. The van der Waals surface area contributed by atoms with Gasteiger partial charge in [0.2, 0.25) is 0 Å². The van der Waals surface area contributed by atoms with Crippen molar-refractivity contribution < 1.29 is 13.2 Å². The molecule has 0 spiro atoms. The zero-order valence-electron chi connectivity index (χ0n) is 17.2. The average Bonchev–Trinajstić information content (AvgIpc) is 3.29. The molecule has 0 aliphatic carbocycles. The van der Waals surface area contributed by atoms with Crippen LogP contribution in [0.25, 0.3) is 5.69 Å². The molecule has 1 saturated heterocycles. The van der Waals surface area contributed by atoms with Crippen molar-refractivity contribution in [1.82, 2.24) is 9.47 Å². The molecule has 30 heavy (non-hydrogen) atoms. The van der Waals surface area contributed by atoms with Gasteiger partial charge in [0.15, 0.2) is 0 Å². The van der Waals surface area contributed by atoms with Gasteiger partial charge in [-0.1, -0.05) is 12.1 Å². The van der Waals surface area contributed by atoms with Crippen molar-refractivity contribution in [3.63, 3.8) is 0 Å². The minimum atomic E-state index is -3.78. The second-order valence-corrected chi connectivity index (χ2v) is 9.02. The summed E-state index contributed by atoms with van der Waals surface area (Å²) in [5.41, 5.74) is 2.08. The number of likely N-dealkylation sites (N-methyl/N-ethyl adjacent to an activating group) is 1. The zero-order valence-corrected chi connectivity index (χ0v) is 18.0. The number of aromatic nitrogens is 1. The first kappa shape index (κ1) is 20.3. The van der Waals surface area contributed by atoms with Crippen LogP contribution in [0, 0.1) is 0 Å². The maximum Gasteiger partial charge on any atom is 0.262 e. The van der Waals surface area contributed by atoms with Gasteiger partial charge in [0.1, 0.15) is 5.75 Å². The number of benzene rings is 2.